The number of hydrogen-bond donors (Lipinski definition) is 0. The first-order valence-electron chi connectivity index (χ1n) is 13.1. The third-order valence-corrected chi connectivity index (χ3v) is 7.32. The standard InChI is InChI=1S/C30H31N7O/c1-38-27-12-10-26(11-13-27)35-18-20-36(21-19-35)29(25-9-14-28-24(22-25)8-5-16-31-28)30-32-33-34-37(30)17-15-23-6-3-2-4-7-23/h2-14,16,22,29H,15,17-21H2,1H3/t29-/m1/s1. The second kappa shape index (κ2) is 11.0. The maximum absolute atomic E-state index is 5.33. The van der Waals surface area contributed by atoms with Crippen LogP contribution >= 0.6 is 0 Å². The molecule has 0 unspecified atom stereocenters. The molecule has 38 heavy (non-hydrogen) atoms. The Balaban J connectivity index is 1.28. The molecule has 1 aliphatic heterocycles. The van der Waals surface area contributed by atoms with Crippen molar-refractivity contribution in [2.45, 2.75) is 19.0 Å². The maximum Gasteiger partial charge on any atom is 0.173 e. The molecule has 3 aromatic carbocycles. The summed E-state index contributed by atoms with van der Waals surface area (Å²) in [5.74, 6) is 1.75. The van der Waals surface area contributed by atoms with Gasteiger partial charge in [-0.1, -0.05) is 42.5 Å². The van der Waals surface area contributed by atoms with E-state index in [2.05, 4.69) is 91.0 Å². The third-order valence-electron chi connectivity index (χ3n) is 7.32. The molecular formula is C30H31N7O. The molecule has 0 amide bonds. The molecule has 8 heteroatoms. The molecule has 2 aromatic heterocycles. The van der Waals surface area contributed by atoms with Gasteiger partial charge in [-0.05, 0) is 70.4 Å². The number of pyridine rings is 1. The van der Waals surface area contributed by atoms with Crippen LogP contribution < -0.4 is 9.64 Å². The van der Waals surface area contributed by atoms with Crippen molar-refractivity contribution in [1.82, 2.24) is 30.1 Å². The van der Waals surface area contributed by atoms with Gasteiger partial charge in [0.05, 0.1) is 18.7 Å². The van der Waals surface area contributed by atoms with Crippen LogP contribution in [0.25, 0.3) is 10.9 Å². The zero-order chi connectivity index (χ0) is 25.7. The number of ether oxygens (including phenoxy) is 1. The van der Waals surface area contributed by atoms with Crippen LogP contribution in [0.4, 0.5) is 5.69 Å². The maximum atomic E-state index is 5.33. The summed E-state index contributed by atoms with van der Waals surface area (Å²) in [6.45, 7) is 4.36. The summed E-state index contributed by atoms with van der Waals surface area (Å²) in [6.07, 6.45) is 2.71. The van der Waals surface area contributed by atoms with Crippen molar-refractivity contribution in [1.29, 1.82) is 0 Å². The van der Waals surface area contributed by atoms with E-state index in [4.69, 9.17) is 4.74 Å². The fourth-order valence-electron chi connectivity index (χ4n) is 5.27. The quantitative estimate of drug-likeness (QED) is 0.310. The van der Waals surface area contributed by atoms with Crippen molar-refractivity contribution in [3.05, 3.63) is 108 Å². The minimum absolute atomic E-state index is 0.0524. The fourth-order valence-corrected chi connectivity index (χ4v) is 5.27. The average Bonchev–Trinajstić information content (AvgIpc) is 3.45. The summed E-state index contributed by atoms with van der Waals surface area (Å²) in [4.78, 5) is 9.45. The molecule has 0 bridgehead atoms. The van der Waals surface area contributed by atoms with E-state index in [0.717, 1.165) is 61.6 Å². The van der Waals surface area contributed by atoms with Crippen molar-refractivity contribution in [2.24, 2.45) is 0 Å². The van der Waals surface area contributed by atoms with Gasteiger partial charge in [0.15, 0.2) is 5.82 Å². The van der Waals surface area contributed by atoms with E-state index >= 15 is 0 Å². The summed E-state index contributed by atoms with van der Waals surface area (Å²) in [5.41, 5.74) is 4.66. The molecule has 0 N–H and O–H groups in total. The Kier molecular flexibility index (Phi) is 6.95. The monoisotopic (exact) mass is 505 g/mol. The predicted molar refractivity (Wildman–Crippen MR) is 148 cm³/mol. The summed E-state index contributed by atoms with van der Waals surface area (Å²) in [6, 6.07) is 29.4. The Morgan fingerprint density at radius 3 is 2.47 bits per heavy atom. The lowest BCUT2D eigenvalue weighted by Crippen LogP contribution is -2.48. The van der Waals surface area contributed by atoms with Crippen LogP contribution in [0, 0.1) is 0 Å². The predicted octanol–water partition coefficient (Wildman–Crippen LogP) is 4.38. The summed E-state index contributed by atoms with van der Waals surface area (Å²) < 4.78 is 7.31. The van der Waals surface area contributed by atoms with Crippen molar-refractivity contribution >= 4 is 16.6 Å². The number of piperazine rings is 1. The zero-order valence-corrected chi connectivity index (χ0v) is 21.5. The smallest absolute Gasteiger partial charge is 0.173 e. The minimum Gasteiger partial charge on any atom is -0.497 e. The molecule has 192 valence electrons. The number of fused-ring (bicyclic) bond motifs is 1. The molecule has 1 saturated heterocycles. The number of hydrogen-bond acceptors (Lipinski definition) is 7. The van der Waals surface area contributed by atoms with Gasteiger partial charge in [-0.25, -0.2) is 4.68 Å². The highest BCUT2D eigenvalue weighted by Gasteiger charge is 2.31. The zero-order valence-electron chi connectivity index (χ0n) is 21.5. The van der Waals surface area contributed by atoms with Gasteiger partial charge >= 0.3 is 0 Å². The van der Waals surface area contributed by atoms with E-state index in [-0.39, 0.29) is 6.04 Å². The second-order valence-electron chi connectivity index (χ2n) is 9.57. The number of benzene rings is 3. The highest BCUT2D eigenvalue weighted by molar-refractivity contribution is 5.79. The van der Waals surface area contributed by atoms with E-state index < -0.39 is 0 Å². The minimum atomic E-state index is -0.0524. The first-order chi connectivity index (χ1) is 18.8. The van der Waals surface area contributed by atoms with Crippen LogP contribution in [-0.4, -0.2) is 63.4 Å². The second-order valence-corrected chi connectivity index (χ2v) is 9.57. The molecule has 0 radical (unpaired) electrons. The molecule has 1 fully saturated rings. The molecule has 0 aliphatic carbocycles. The number of aryl methyl sites for hydroxylation is 2. The van der Waals surface area contributed by atoms with Crippen LogP contribution in [0.1, 0.15) is 23.0 Å². The topological polar surface area (TPSA) is 72.2 Å². The van der Waals surface area contributed by atoms with E-state index in [0.29, 0.717) is 0 Å². The van der Waals surface area contributed by atoms with Crippen LogP contribution in [0.15, 0.2) is 91.1 Å². The number of tetrazole rings is 1. The highest BCUT2D eigenvalue weighted by atomic mass is 16.5. The van der Waals surface area contributed by atoms with Gasteiger partial charge in [0.1, 0.15) is 5.75 Å². The molecule has 0 spiro atoms. The Morgan fingerprint density at radius 2 is 1.68 bits per heavy atom. The Hall–Kier alpha value is -4.30. The fraction of sp³-hybridized carbons (Fsp3) is 0.267. The third kappa shape index (κ3) is 5.08. The average molecular weight is 506 g/mol. The van der Waals surface area contributed by atoms with Crippen molar-refractivity contribution in [3.63, 3.8) is 0 Å². The summed E-state index contributed by atoms with van der Waals surface area (Å²) in [5, 5.41) is 14.2. The number of nitrogens with zero attached hydrogens (tertiary/aromatic N) is 7. The van der Waals surface area contributed by atoms with Crippen LogP contribution in [-0.2, 0) is 13.0 Å². The lowest BCUT2D eigenvalue weighted by Gasteiger charge is -2.40. The summed E-state index contributed by atoms with van der Waals surface area (Å²) in [7, 11) is 1.70. The molecule has 1 atom stereocenters. The molecular weight excluding hydrogens is 474 g/mol. The van der Waals surface area contributed by atoms with Crippen LogP contribution in [0.5, 0.6) is 5.75 Å². The molecule has 0 saturated carbocycles. The Labute approximate surface area is 222 Å². The van der Waals surface area contributed by atoms with Gasteiger partial charge < -0.3 is 9.64 Å². The lowest BCUT2D eigenvalue weighted by molar-refractivity contribution is 0.200. The van der Waals surface area contributed by atoms with E-state index in [1.54, 1.807) is 7.11 Å². The Morgan fingerprint density at radius 1 is 0.868 bits per heavy atom. The molecule has 6 rings (SSSR count). The van der Waals surface area contributed by atoms with Crippen molar-refractivity contribution in [3.8, 4) is 5.75 Å². The van der Waals surface area contributed by atoms with Gasteiger partial charge in [0, 0.05) is 50.0 Å². The van der Waals surface area contributed by atoms with Gasteiger partial charge in [-0.2, -0.15) is 0 Å². The van der Waals surface area contributed by atoms with Crippen LogP contribution in [0.2, 0.25) is 0 Å². The number of rotatable bonds is 8. The molecule has 3 heterocycles. The van der Waals surface area contributed by atoms with Gasteiger partial charge in [0.25, 0.3) is 0 Å². The van der Waals surface area contributed by atoms with Crippen molar-refractivity contribution in [2.75, 3.05) is 38.2 Å². The van der Waals surface area contributed by atoms with Crippen LogP contribution in [0.3, 0.4) is 0 Å². The Bertz CT molecular complexity index is 1480. The lowest BCUT2D eigenvalue weighted by atomic mass is 10.0. The number of aromatic nitrogens is 5. The van der Waals surface area contributed by atoms with Gasteiger partial charge in [-0.15, -0.1) is 5.10 Å². The normalized spacial score (nSPS) is 15.0. The largest absolute Gasteiger partial charge is 0.497 e. The first-order valence-corrected chi connectivity index (χ1v) is 13.1. The number of anilines is 1. The number of methoxy groups -OCH3 is 1. The van der Waals surface area contributed by atoms with E-state index in [9.17, 15) is 0 Å². The van der Waals surface area contributed by atoms with Gasteiger partial charge in [-0.3, -0.25) is 9.88 Å². The summed E-state index contributed by atoms with van der Waals surface area (Å²) >= 11 is 0. The molecule has 8 nitrogen and oxygen atoms in total. The van der Waals surface area contributed by atoms with E-state index in [1.165, 1.54) is 16.8 Å². The molecule has 1 aliphatic rings. The van der Waals surface area contributed by atoms with Crippen molar-refractivity contribution < 1.29 is 4.74 Å². The highest BCUT2D eigenvalue weighted by Crippen LogP contribution is 2.31. The van der Waals surface area contributed by atoms with Gasteiger partial charge in [0.2, 0.25) is 0 Å². The molecule has 5 aromatic rings. The first kappa shape index (κ1) is 24.1. The van der Waals surface area contributed by atoms with E-state index in [1.807, 2.05) is 35.1 Å². The SMILES string of the molecule is COc1ccc(N2CCN([C@H](c3ccc4ncccc4c3)c3nnnn3CCc3ccccc3)CC2)cc1.